The number of aliphatic hydroxyl groups excluding tert-OH is 1. The van der Waals surface area contributed by atoms with E-state index in [9.17, 15) is 9.90 Å². The van der Waals surface area contributed by atoms with E-state index in [0.29, 0.717) is 13.0 Å². The van der Waals surface area contributed by atoms with E-state index < -0.39 is 0 Å². The Morgan fingerprint density at radius 1 is 1.36 bits per heavy atom. The molecule has 2 bridgehead atoms. The first kappa shape index (κ1) is 15.5. The molecule has 0 spiro atoms. The van der Waals surface area contributed by atoms with E-state index >= 15 is 0 Å². The van der Waals surface area contributed by atoms with Crippen LogP contribution >= 0.6 is 0 Å². The number of nitrogens with zero attached hydrogens (tertiary/aromatic N) is 1. The van der Waals surface area contributed by atoms with Gasteiger partial charge in [0.2, 0.25) is 0 Å². The molecule has 2 saturated heterocycles. The number of carbonyl (C=O) groups excluding carboxylic acids is 1. The second-order valence-corrected chi connectivity index (χ2v) is 6.44. The Hall–Kier alpha value is -1.39. The van der Waals surface area contributed by atoms with Crippen LogP contribution in [0.25, 0.3) is 0 Å². The zero-order valence-corrected chi connectivity index (χ0v) is 13.3. The molecular formula is C18H25NO3. The monoisotopic (exact) mass is 303 g/mol. The van der Waals surface area contributed by atoms with Gasteiger partial charge in [-0.05, 0) is 44.6 Å². The van der Waals surface area contributed by atoms with Crippen molar-refractivity contribution in [3.8, 4) is 0 Å². The minimum atomic E-state index is -0.337. The number of piperidine rings is 2. The second kappa shape index (κ2) is 6.39. The molecule has 2 aliphatic heterocycles. The van der Waals surface area contributed by atoms with E-state index in [1.165, 1.54) is 5.56 Å². The van der Waals surface area contributed by atoms with Crippen molar-refractivity contribution in [2.75, 3.05) is 6.61 Å². The van der Waals surface area contributed by atoms with E-state index in [0.717, 1.165) is 12.8 Å². The van der Waals surface area contributed by atoms with Crippen molar-refractivity contribution in [3.63, 3.8) is 0 Å². The van der Waals surface area contributed by atoms with Gasteiger partial charge in [0.25, 0.3) is 0 Å². The number of benzene rings is 1. The minimum absolute atomic E-state index is 0.0506. The normalized spacial score (nSPS) is 32.7. The van der Waals surface area contributed by atoms with Crippen molar-refractivity contribution in [2.24, 2.45) is 5.92 Å². The highest BCUT2D eigenvalue weighted by molar-refractivity contribution is 5.76. The van der Waals surface area contributed by atoms with Gasteiger partial charge in [0.1, 0.15) is 6.04 Å². The fourth-order valence-electron chi connectivity index (χ4n) is 4.22. The molecule has 0 radical (unpaired) electrons. The molecule has 1 aromatic carbocycles. The fourth-order valence-corrected chi connectivity index (χ4v) is 4.22. The second-order valence-electron chi connectivity index (χ2n) is 6.44. The highest BCUT2D eigenvalue weighted by atomic mass is 16.5. The lowest BCUT2D eigenvalue weighted by Crippen LogP contribution is -2.64. The van der Waals surface area contributed by atoms with E-state index in [4.69, 9.17) is 4.74 Å². The zero-order valence-electron chi connectivity index (χ0n) is 13.3. The van der Waals surface area contributed by atoms with Crippen LogP contribution in [0.5, 0.6) is 0 Å². The summed E-state index contributed by atoms with van der Waals surface area (Å²) in [6.45, 7) is 4.37. The average molecular weight is 303 g/mol. The third kappa shape index (κ3) is 2.66. The first-order chi connectivity index (χ1) is 10.6. The summed E-state index contributed by atoms with van der Waals surface area (Å²) in [6, 6.07) is 10.1. The molecule has 3 fully saturated rings. The number of hydrogen-bond acceptors (Lipinski definition) is 4. The van der Waals surface area contributed by atoms with Gasteiger partial charge in [-0.2, -0.15) is 0 Å². The van der Waals surface area contributed by atoms with Crippen molar-refractivity contribution >= 4 is 5.97 Å². The molecule has 0 aromatic heterocycles. The Morgan fingerprint density at radius 3 is 2.73 bits per heavy atom. The number of hydrogen-bond donors (Lipinski definition) is 1. The predicted octanol–water partition coefficient (Wildman–Crippen LogP) is 2.52. The molecule has 0 amide bonds. The summed E-state index contributed by atoms with van der Waals surface area (Å²) in [7, 11) is 0. The van der Waals surface area contributed by atoms with Gasteiger partial charge in [0, 0.05) is 12.1 Å². The molecule has 0 unspecified atom stereocenters. The molecule has 1 aromatic rings. The highest BCUT2D eigenvalue weighted by Crippen LogP contribution is 2.44. The summed E-state index contributed by atoms with van der Waals surface area (Å²) >= 11 is 0. The van der Waals surface area contributed by atoms with Gasteiger partial charge in [-0.3, -0.25) is 9.69 Å². The third-order valence-electron chi connectivity index (χ3n) is 5.23. The first-order valence-corrected chi connectivity index (χ1v) is 8.30. The summed E-state index contributed by atoms with van der Waals surface area (Å²) in [6.07, 6.45) is 2.34. The summed E-state index contributed by atoms with van der Waals surface area (Å²) in [5.41, 5.74) is 1.18. The maximum atomic E-state index is 12.5. The quantitative estimate of drug-likeness (QED) is 0.868. The van der Waals surface area contributed by atoms with Crippen LogP contribution < -0.4 is 0 Å². The summed E-state index contributed by atoms with van der Waals surface area (Å²) in [4.78, 5) is 14.7. The molecule has 2 heterocycles. The van der Waals surface area contributed by atoms with Crippen LogP contribution in [0.1, 0.15) is 44.7 Å². The van der Waals surface area contributed by atoms with Crippen molar-refractivity contribution < 1.29 is 14.6 Å². The van der Waals surface area contributed by atoms with Crippen molar-refractivity contribution in [3.05, 3.63) is 35.9 Å². The van der Waals surface area contributed by atoms with Crippen LogP contribution in [0.15, 0.2) is 30.3 Å². The summed E-state index contributed by atoms with van der Waals surface area (Å²) < 4.78 is 5.32. The number of rotatable bonds is 4. The SMILES string of the molecule is CCOC(=O)[C@@H]1[C@@H]2CC[C@@H]([C@H](O)C2)N1[C@H](C)c1ccccc1. The number of esters is 1. The van der Waals surface area contributed by atoms with Crippen molar-refractivity contribution in [2.45, 2.75) is 57.3 Å². The van der Waals surface area contributed by atoms with Gasteiger partial charge in [0.15, 0.2) is 0 Å². The molecule has 4 rings (SSSR count). The topological polar surface area (TPSA) is 49.8 Å². The molecule has 4 heteroatoms. The van der Waals surface area contributed by atoms with Crippen LogP contribution in [-0.4, -0.2) is 40.8 Å². The zero-order chi connectivity index (χ0) is 15.7. The van der Waals surface area contributed by atoms with Crippen LogP contribution in [0.4, 0.5) is 0 Å². The standard InChI is InChI=1S/C18H25NO3/c1-3-22-18(21)17-14-9-10-15(16(20)11-14)19(17)12(2)13-7-5-4-6-8-13/h4-8,12,14-17,20H,3,9-11H2,1-2H3/t12-,14-,15+,16-,17+/m1/s1. The highest BCUT2D eigenvalue weighted by Gasteiger charge is 2.51. The van der Waals surface area contributed by atoms with Crippen LogP contribution in [0, 0.1) is 5.92 Å². The largest absolute Gasteiger partial charge is 0.465 e. The number of fused-ring (bicyclic) bond motifs is 3. The Kier molecular flexibility index (Phi) is 4.50. The van der Waals surface area contributed by atoms with Crippen molar-refractivity contribution in [1.82, 2.24) is 4.90 Å². The Bertz CT molecular complexity index is 518. The molecule has 1 N–H and O–H groups in total. The molecule has 120 valence electrons. The van der Waals surface area contributed by atoms with Crippen LogP contribution in [0.2, 0.25) is 0 Å². The Morgan fingerprint density at radius 2 is 2.09 bits per heavy atom. The maximum Gasteiger partial charge on any atom is 0.323 e. The number of carbonyl (C=O) groups is 1. The molecule has 4 nitrogen and oxygen atoms in total. The van der Waals surface area contributed by atoms with E-state index in [2.05, 4.69) is 24.0 Å². The van der Waals surface area contributed by atoms with E-state index in [1.54, 1.807) is 0 Å². The van der Waals surface area contributed by atoms with Crippen molar-refractivity contribution in [1.29, 1.82) is 0 Å². The lowest BCUT2D eigenvalue weighted by Gasteiger charge is -2.54. The molecule has 1 aliphatic carbocycles. The first-order valence-electron chi connectivity index (χ1n) is 8.30. The van der Waals surface area contributed by atoms with Gasteiger partial charge >= 0.3 is 5.97 Å². The number of aliphatic hydroxyl groups is 1. The lowest BCUT2D eigenvalue weighted by molar-refractivity contribution is -0.170. The van der Waals surface area contributed by atoms with E-state index in [-0.39, 0.29) is 36.1 Å². The minimum Gasteiger partial charge on any atom is -0.465 e. The predicted molar refractivity (Wildman–Crippen MR) is 84.3 cm³/mol. The number of ether oxygens (including phenoxy) is 1. The molecule has 3 aliphatic rings. The summed E-state index contributed by atoms with van der Waals surface area (Å²) in [5.74, 6) is 0.0668. The Labute approximate surface area is 132 Å². The van der Waals surface area contributed by atoms with Gasteiger partial charge in [-0.25, -0.2) is 0 Å². The summed E-state index contributed by atoms with van der Waals surface area (Å²) in [5, 5.41) is 10.4. The van der Waals surface area contributed by atoms with Gasteiger partial charge in [-0.15, -0.1) is 0 Å². The fraction of sp³-hybridized carbons (Fsp3) is 0.611. The molecular weight excluding hydrogens is 278 g/mol. The van der Waals surface area contributed by atoms with Gasteiger partial charge in [0.05, 0.1) is 12.7 Å². The van der Waals surface area contributed by atoms with Crippen LogP contribution in [-0.2, 0) is 9.53 Å². The smallest absolute Gasteiger partial charge is 0.323 e. The molecule has 5 atom stereocenters. The average Bonchev–Trinajstić information content (AvgIpc) is 2.54. The van der Waals surface area contributed by atoms with Crippen LogP contribution in [0.3, 0.4) is 0 Å². The third-order valence-corrected chi connectivity index (χ3v) is 5.23. The molecule has 1 saturated carbocycles. The molecule has 22 heavy (non-hydrogen) atoms. The Balaban J connectivity index is 1.91. The maximum absolute atomic E-state index is 12.5. The van der Waals surface area contributed by atoms with Gasteiger partial charge < -0.3 is 9.84 Å². The van der Waals surface area contributed by atoms with E-state index in [1.807, 2.05) is 25.1 Å². The lowest BCUT2D eigenvalue weighted by atomic mass is 9.72. The van der Waals surface area contributed by atoms with Gasteiger partial charge in [-0.1, -0.05) is 30.3 Å².